The second-order valence-corrected chi connectivity index (χ2v) is 7.79. The molecule has 11 heteroatoms. The summed E-state index contributed by atoms with van der Waals surface area (Å²) in [7, 11) is 0. The van der Waals surface area contributed by atoms with E-state index in [0.29, 0.717) is 23.8 Å². The average Bonchev–Trinajstić information content (AvgIpc) is 2.90. The number of carbonyl (C=O) groups excluding carboxylic acids is 1. The zero-order valence-electron chi connectivity index (χ0n) is 15.1. The number of aromatic nitrogens is 6. The van der Waals surface area contributed by atoms with Crippen molar-refractivity contribution in [3.8, 4) is 0 Å². The number of hydrogen-bond donors (Lipinski definition) is 2. The number of hydrogen-bond acceptors (Lipinski definition) is 8. The first-order valence-corrected chi connectivity index (χ1v) is 9.20. The smallest absolute Gasteiger partial charge is 0.408 e. The highest BCUT2D eigenvalue weighted by molar-refractivity contribution is 14.1. The summed E-state index contributed by atoms with van der Waals surface area (Å²) in [5, 5.41) is 7.81. The number of nitrogens with zero attached hydrogens (tertiary/aromatic N) is 6. The van der Waals surface area contributed by atoms with E-state index < -0.39 is 11.7 Å². The molecule has 0 fully saturated rings. The molecule has 0 spiro atoms. The summed E-state index contributed by atoms with van der Waals surface area (Å²) in [6, 6.07) is 0. The fraction of sp³-hybridized carbons (Fsp3) is 0.375. The third-order valence-electron chi connectivity index (χ3n) is 3.40. The van der Waals surface area contributed by atoms with Gasteiger partial charge in [0, 0.05) is 18.0 Å². The second kappa shape index (κ2) is 7.58. The van der Waals surface area contributed by atoms with Gasteiger partial charge in [0.15, 0.2) is 5.65 Å². The first kappa shape index (κ1) is 19.2. The molecule has 0 aliphatic carbocycles. The standard InChI is InChI=1S/C16H19IN8O2/c1-16(2,3)27-15(26)21-6-10-19-4-9(5-20-10)7-25-14-11(12(17)24-25)13(18)22-8-23-14/h4-5,8H,6-7H2,1-3H3,(H,21,26)(H2,18,22,23). The summed E-state index contributed by atoms with van der Waals surface area (Å²) < 4.78 is 7.64. The Morgan fingerprint density at radius 2 is 1.96 bits per heavy atom. The van der Waals surface area contributed by atoms with E-state index >= 15 is 0 Å². The molecule has 3 aromatic heterocycles. The van der Waals surface area contributed by atoms with Crippen molar-refractivity contribution < 1.29 is 9.53 Å². The molecule has 3 rings (SSSR count). The minimum atomic E-state index is -0.550. The summed E-state index contributed by atoms with van der Waals surface area (Å²) in [5.74, 6) is 0.881. The van der Waals surface area contributed by atoms with Gasteiger partial charge in [0.05, 0.1) is 18.5 Å². The number of anilines is 1. The van der Waals surface area contributed by atoms with Crippen LogP contribution in [-0.4, -0.2) is 41.4 Å². The van der Waals surface area contributed by atoms with Crippen LogP contribution in [0.4, 0.5) is 10.6 Å². The molecule has 3 aromatic rings. The summed E-state index contributed by atoms with van der Waals surface area (Å²) in [4.78, 5) is 28.5. The van der Waals surface area contributed by atoms with E-state index in [1.165, 1.54) is 6.33 Å². The highest BCUT2D eigenvalue weighted by atomic mass is 127. The lowest BCUT2D eigenvalue weighted by Crippen LogP contribution is -2.32. The van der Waals surface area contributed by atoms with Crippen molar-refractivity contribution in [2.45, 2.75) is 39.5 Å². The number of nitrogens with one attached hydrogen (secondary N) is 1. The molecule has 1 amide bonds. The van der Waals surface area contributed by atoms with Gasteiger partial charge >= 0.3 is 6.09 Å². The fourth-order valence-corrected chi connectivity index (χ4v) is 3.07. The number of amides is 1. The Kier molecular flexibility index (Phi) is 5.39. The van der Waals surface area contributed by atoms with Crippen LogP contribution in [0.25, 0.3) is 11.0 Å². The van der Waals surface area contributed by atoms with Crippen LogP contribution in [0.5, 0.6) is 0 Å². The number of rotatable bonds is 4. The number of carbonyl (C=O) groups is 1. The fourth-order valence-electron chi connectivity index (χ4n) is 2.29. The van der Waals surface area contributed by atoms with E-state index in [1.54, 1.807) is 37.8 Å². The van der Waals surface area contributed by atoms with E-state index in [2.05, 4.69) is 52.9 Å². The molecule has 0 saturated carbocycles. The van der Waals surface area contributed by atoms with Crippen LogP contribution in [0.2, 0.25) is 0 Å². The molecule has 3 N–H and O–H groups in total. The predicted octanol–water partition coefficient (Wildman–Crippen LogP) is 1.88. The van der Waals surface area contributed by atoms with Crippen LogP contribution in [-0.2, 0) is 17.8 Å². The maximum absolute atomic E-state index is 11.7. The third kappa shape index (κ3) is 4.78. The summed E-state index contributed by atoms with van der Waals surface area (Å²) >= 11 is 2.10. The molecule has 10 nitrogen and oxygen atoms in total. The van der Waals surface area contributed by atoms with Gasteiger partial charge in [-0.05, 0) is 43.4 Å². The number of nitrogen functional groups attached to an aromatic ring is 1. The molecule has 0 radical (unpaired) electrons. The Balaban J connectivity index is 1.67. The molecule has 27 heavy (non-hydrogen) atoms. The maximum atomic E-state index is 11.7. The highest BCUT2D eigenvalue weighted by Gasteiger charge is 2.16. The van der Waals surface area contributed by atoms with Crippen LogP contribution in [0.15, 0.2) is 18.7 Å². The minimum absolute atomic E-state index is 0.182. The lowest BCUT2D eigenvalue weighted by molar-refractivity contribution is 0.0522. The molecule has 0 saturated heterocycles. The number of fused-ring (bicyclic) bond motifs is 1. The lowest BCUT2D eigenvalue weighted by atomic mass is 10.2. The van der Waals surface area contributed by atoms with Crippen molar-refractivity contribution in [3.05, 3.63) is 33.8 Å². The van der Waals surface area contributed by atoms with Gasteiger partial charge in [-0.25, -0.2) is 29.4 Å². The first-order chi connectivity index (χ1) is 12.7. The minimum Gasteiger partial charge on any atom is -0.444 e. The summed E-state index contributed by atoms with van der Waals surface area (Å²) in [6.07, 6.45) is 4.27. The topological polar surface area (TPSA) is 134 Å². The normalized spacial score (nSPS) is 11.6. The van der Waals surface area contributed by atoms with Crippen molar-refractivity contribution in [2.24, 2.45) is 0 Å². The largest absolute Gasteiger partial charge is 0.444 e. The van der Waals surface area contributed by atoms with Crippen molar-refractivity contribution in [2.75, 3.05) is 5.73 Å². The Bertz CT molecular complexity index is 965. The zero-order chi connectivity index (χ0) is 19.6. The van der Waals surface area contributed by atoms with Crippen LogP contribution >= 0.6 is 22.6 Å². The molecule has 0 unspecified atom stereocenters. The van der Waals surface area contributed by atoms with Gasteiger partial charge in [-0.3, -0.25) is 0 Å². The summed E-state index contributed by atoms with van der Waals surface area (Å²) in [5.41, 5.74) is 6.85. The predicted molar refractivity (Wildman–Crippen MR) is 107 cm³/mol. The molecule has 0 atom stereocenters. The van der Waals surface area contributed by atoms with Gasteiger partial charge in [0.25, 0.3) is 0 Å². The summed E-state index contributed by atoms with van der Waals surface area (Å²) in [6.45, 7) is 6.03. The van der Waals surface area contributed by atoms with Crippen molar-refractivity contribution in [3.63, 3.8) is 0 Å². The third-order valence-corrected chi connectivity index (χ3v) is 4.15. The van der Waals surface area contributed by atoms with Crippen LogP contribution in [0.3, 0.4) is 0 Å². The Morgan fingerprint density at radius 3 is 2.63 bits per heavy atom. The van der Waals surface area contributed by atoms with E-state index in [4.69, 9.17) is 10.5 Å². The van der Waals surface area contributed by atoms with Gasteiger partial charge in [-0.1, -0.05) is 0 Å². The van der Waals surface area contributed by atoms with E-state index in [9.17, 15) is 4.79 Å². The number of ether oxygens (including phenoxy) is 1. The molecule has 142 valence electrons. The van der Waals surface area contributed by atoms with Gasteiger partial charge in [0.2, 0.25) is 0 Å². The molecule has 0 aliphatic rings. The van der Waals surface area contributed by atoms with Gasteiger partial charge < -0.3 is 15.8 Å². The molecule has 0 aromatic carbocycles. The molecule has 0 aliphatic heterocycles. The number of alkyl carbamates (subject to hydrolysis) is 1. The Morgan fingerprint density at radius 1 is 1.26 bits per heavy atom. The molecule has 0 bridgehead atoms. The van der Waals surface area contributed by atoms with Crippen LogP contribution < -0.4 is 11.1 Å². The van der Waals surface area contributed by atoms with Gasteiger partial charge in [-0.15, -0.1) is 0 Å². The zero-order valence-corrected chi connectivity index (χ0v) is 17.3. The van der Waals surface area contributed by atoms with Gasteiger partial charge in [-0.2, -0.15) is 5.10 Å². The van der Waals surface area contributed by atoms with E-state index in [-0.39, 0.29) is 6.54 Å². The van der Waals surface area contributed by atoms with Crippen molar-refractivity contribution in [1.29, 1.82) is 0 Å². The molecular formula is C16H19IN8O2. The maximum Gasteiger partial charge on any atom is 0.408 e. The Labute approximate surface area is 169 Å². The Hall–Kier alpha value is -2.57. The van der Waals surface area contributed by atoms with Crippen LogP contribution in [0, 0.1) is 3.70 Å². The second-order valence-electron chi connectivity index (χ2n) is 6.77. The van der Waals surface area contributed by atoms with Crippen LogP contribution in [0.1, 0.15) is 32.2 Å². The quantitative estimate of drug-likeness (QED) is 0.539. The van der Waals surface area contributed by atoms with Gasteiger partial charge in [0.1, 0.15) is 27.3 Å². The first-order valence-electron chi connectivity index (χ1n) is 8.12. The van der Waals surface area contributed by atoms with Crippen molar-refractivity contribution >= 4 is 45.5 Å². The molecule has 3 heterocycles. The number of halogens is 1. The SMILES string of the molecule is CC(C)(C)OC(=O)NCc1ncc(Cn2nc(I)c3c(N)ncnc32)cn1. The van der Waals surface area contributed by atoms with E-state index in [1.807, 2.05) is 0 Å². The monoisotopic (exact) mass is 482 g/mol. The van der Waals surface area contributed by atoms with E-state index in [0.717, 1.165) is 14.7 Å². The van der Waals surface area contributed by atoms with Crippen molar-refractivity contribution in [1.82, 2.24) is 35.0 Å². The number of nitrogens with two attached hydrogens (primary N) is 1. The lowest BCUT2D eigenvalue weighted by Gasteiger charge is -2.19. The average molecular weight is 482 g/mol. The highest BCUT2D eigenvalue weighted by Crippen LogP contribution is 2.22. The molecular weight excluding hydrogens is 463 g/mol.